The summed E-state index contributed by atoms with van der Waals surface area (Å²) in [6.45, 7) is 5.03. The van der Waals surface area contributed by atoms with Crippen LogP contribution in [0.4, 0.5) is 10.7 Å². The van der Waals surface area contributed by atoms with Crippen molar-refractivity contribution >= 4 is 45.3 Å². The van der Waals surface area contributed by atoms with Gasteiger partial charge in [-0.15, -0.1) is 11.3 Å². The number of aromatic nitrogens is 2. The number of fused-ring (bicyclic) bond motifs is 1. The molecular formula is C23H26N4O2S2. The van der Waals surface area contributed by atoms with Crippen LogP contribution in [0.3, 0.4) is 0 Å². The van der Waals surface area contributed by atoms with Crippen molar-refractivity contribution in [2.45, 2.75) is 39.7 Å². The largest absolute Gasteiger partial charge is 0.465 e. The van der Waals surface area contributed by atoms with Gasteiger partial charge in [0, 0.05) is 11.1 Å². The van der Waals surface area contributed by atoms with Crippen LogP contribution in [-0.2, 0) is 24.1 Å². The Morgan fingerprint density at radius 3 is 2.94 bits per heavy atom. The predicted octanol–water partition coefficient (Wildman–Crippen LogP) is 5.02. The Balaban J connectivity index is 1.47. The molecule has 0 saturated heterocycles. The van der Waals surface area contributed by atoms with E-state index in [1.165, 1.54) is 23.1 Å². The molecule has 1 aliphatic rings. The fraction of sp³-hybridized carbons (Fsp3) is 0.348. The zero-order valence-corrected chi connectivity index (χ0v) is 19.5. The summed E-state index contributed by atoms with van der Waals surface area (Å²) in [5.74, 6) is 0.303. The summed E-state index contributed by atoms with van der Waals surface area (Å²) in [6.07, 6.45) is 6.62. The molecule has 4 rings (SSSR count). The number of nitrogens with zero attached hydrogens (tertiary/aromatic N) is 2. The quantitative estimate of drug-likeness (QED) is 0.417. The molecule has 0 spiro atoms. The number of methoxy groups -OCH3 is 1. The van der Waals surface area contributed by atoms with Crippen LogP contribution in [0, 0.1) is 12.8 Å². The van der Waals surface area contributed by atoms with Gasteiger partial charge in [0.15, 0.2) is 5.11 Å². The Labute approximate surface area is 191 Å². The van der Waals surface area contributed by atoms with Crippen molar-refractivity contribution in [3.8, 4) is 0 Å². The van der Waals surface area contributed by atoms with Gasteiger partial charge in [-0.1, -0.05) is 31.2 Å². The molecule has 2 N–H and O–H groups in total. The van der Waals surface area contributed by atoms with Crippen LogP contribution in [0.5, 0.6) is 0 Å². The second kappa shape index (κ2) is 9.20. The molecular weight excluding hydrogens is 428 g/mol. The van der Waals surface area contributed by atoms with Gasteiger partial charge < -0.3 is 15.4 Å². The molecule has 0 fully saturated rings. The van der Waals surface area contributed by atoms with Gasteiger partial charge in [0.2, 0.25) is 0 Å². The summed E-state index contributed by atoms with van der Waals surface area (Å²) >= 11 is 7.12. The van der Waals surface area contributed by atoms with Crippen molar-refractivity contribution in [3.05, 3.63) is 63.8 Å². The molecule has 2 heterocycles. The molecule has 1 unspecified atom stereocenters. The number of thiophene rings is 1. The maximum absolute atomic E-state index is 12.5. The van der Waals surface area contributed by atoms with E-state index in [-0.39, 0.29) is 5.97 Å². The van der Waals surface area contributed by atoms with Crippen molar-refractivity contribution in [1.82, 2.24) is 9.78 Å². The number of ether oxygens (including phenoxy) is 1. The highest BCUT2D eigenvalue weighted by atomic mass is 32.1. The molecule has 2 aromatic heterocycles. The highest BCUT2D eigenvalue weighted by Crippen LogP contribution is 2.40. The molecule has 162 valence electrons. The lowest BCUT2D eigenvalue weighted by Gasteiger charge is -2.18. The minimum Gasteiger partial charge on any atom is -0.465 e. The highest BCUT2D eigenvalue weighted by Gasteiger charge is 2.28. The molecule has 3 aromatic rings. The number of aryl methyl sites for hydroxylation is 1. The third-order valence-electron chi connectivity index (χ3n) is 5.61. The van der Waals surface area contributed by atoms with E-state index >= 15 is 0 Å². The van der Waals surface area contributed by atoms with Crippen molar-refractivity contribution < 1.29 is 9.53 Å². The molecule has 31 heavy (non-hydrogen) atoms. The minimum atomic E-state index is -0.316. The second-order valence-corrected chi connectivity index (χ2v) is 9.49. The van der Waals surface area contributed by atoms with E-state index < -0.39 is 0 Å². The van der Waals surface area contributed by atoms with Crippen molar-refractivity contribution in [3.63, 3.8) is 0 Å². The number of nitrogens with one attached hydrogen (secondary N) is 2. The standard InChI is InChI=1S/C23H26N4O2S2/c1-14-8-9-18-19(10-14)31-21(20(18)22(28)29-3)26-23(30)25-17-11-24-27(13-17)12-16-7-5-4-6-15(16)2/h4-7,11,13-14H,8-10,12H2,1-3H3,(H2,25,26,30). The Bertz CT molecular complexity index is 1120. The van der Waals surface area contributed by atoms with Crippen molar-refractivity contribution in [2.24, 2.45) is 5.92 Å². The van der Waals surface area contributed by atoms with Gasteiger partial charge in [-0.3, -0.25) is 4.68 Å². The zero-order chi connectivity index (χ0) is 22.0. The summed E-state index contributed by atoms with van der Waals surface area (Å²) in [7, 11) is 1.42. The third-order valence-corrected chi connectivity index (χ3v) is 6.99. The van der Waals surface area contributed by atoms with Gasteiger partial charge in [-0.05, 0) is 61.0 Å². The first-order valence-electron chi connectivity index (χ1n) is 10.3. The number of anilines is 2. The van der Waals surface area contributed by atoms with E-state index in [0.717, 1.165) is 35.5 Å². The number of hydrogen-bond acceptors (Lipinski definition) is 5. The Kier molecular flexibility index (Phi) is 6.38. The number of hydrogen-bond donors (Lipinski definition) is 2. The van der Waals surface area contributed by atoms with E-state index in [2.05, 4.69) is 41.7 Å². The van der Waals surface area contributed by atoms with Crippen LogP contribution in [0.1, 0.15) is 45.3 Å². The maximum Gasteiger partial charge on any atom is 0.341 e. The molecule has 0 bridgehead atoms. The number of rotatable bonds is 5. The Morgan fingerprint density at radius 1 is 1.35 bits per heavy atom. The van der Waals surface area contributed by atoms with Crippen LogP contribution < -0.4 is 10.6 Å². The molecule has 8 heteroatoms. The predicted molar refractivity (Wildman–Crippen MR) is 129 cm³/mol. The fourth-order valence-electron chi connectivity index (χ4n) is 3.90. The van der Waals surface area contributed by atoms with E-state index in [4.69, 9.17) is 17.0 Å². The van der Waals surface area contributed by atoms with Gasteiger partial charge in [0.1, 0.15) is 5.00 Å². The monoisotopic (exact) mass is 454 g/mol. The van der Waals surface area contributed by atoms with Crippen LogP contribution in [0.2, 0.25) is 0 Å². The van der Waals surface area contributed by atoms with Crippen molar-refractivity contribution in [1.29, 1.82) is 0 Å². The van der Waals surface area contributed by atoms with Gasteiger partial charge in [-0.2, -0.15) is 5.10 Å². The first-order valence-corrected chi connectivity index (χ1v) is 11.5. The number of benzene rings is 1. The van der Waals surface area contributed by atoms with E-state index in [9.17, 15) is 4.79 Å². The topological polar surface area (TPSA) is 68.2 Å². The number of thiocarbonyl (C=S) groups is 1. The summed E-state index contributed by atoms with van der Waals surface area (Å²) < 4.78 is 6.92. The lowest BCUT2D eigenvalue weighted by Crippen LogP contribution is -2.20. The van der Waals surface area contributed by atoms with E-state index in [1.54, 1.807) is 17.5 Å². The summed E-state index contributed by atoms with van der Waals surface area (Å²) in [4.78, 5) is 13.7. The normalized spacial score (nSPS) is 15.3. The first kappa shape index (κ1) is 21.5. The van der Waals surface area contributed by atoms with Gasteiger partial charge in [0.25, 0.3) is 0 Å². The van der Waals surface area contributed by atoms with E-state index in [0.29, 0.717) is 23.1 Å². The Hall–Kier alpha value is -2.71. The lowest BCUT2D eigenvalue weighted by atomic mass is 9.88. The second-order valence-electron chi connectivity index (χ2n) is 7.98. The smallest absolute Gasteiger partial charge is 0.341 e. The van der Waals surface area contributed by atoms with Crippen LogP contribution in [-0.4, -0.2) is 28.0 Å². The number of carbonyl (C=O) groups excluding carboxylic acids is 1. The average Bonchev–Trinajstić information content (AvgIpc) is 3.32. The summed E-state index contributed by atoms with van der Waals surface area (Å²) in [6, 6.07) is 8.26. The molecule has 0 amide bonds. The van der Waals surface area contributed by atoms with Gasteiger partial charge in [0.05, 0.1) is 31.1 Å². The number of esters is 1. The SMILES string of the molecule is COC(=O)c1c(NC(=S)Nc2cnn(Cc3ccccc3C)c2)sc2c1CCC(C)C2. The van der Waals surface area contributed by atoms with Gasteiger partial charge >= 0.3 is 5.97 Å². The molecule has 0 saturated carbocycles. The minimum absolute atomic E-state index is 0.316. The van der Waals surface area contributed by atoms with Crippen LogP contribution in [0.25, 0.3) is 0 Å². The van der Waals surface area contributed by atoms with E-state index in [1.807, 2.05) is 23.0 Å². The summed E-state index contributed by atoms with van der Waals surface area (Å²) in [5.41, 5.74) is 4.97. The molecule has 1 atom stereocenters. The lowest BCUT2D eigenvalue weighted by molar-refractivity contribution is 0.0601. The summed E-state index contributed by atoms with van der Waals surface area (Å²) in [5, 5.41) is 12.0. The molecule has 6 nitrogen and oxygen atoms in total. The third kappa shape index (κ3) is 4.80. The van der Waals surface area contributed by atoms with Gasteiger partial charge in [-0.25, -0.2) is 4.79 Å². The molecule has 1 aromatic carbocycles. The van der Waals surface area contributed by atoms with Crippen LogP contribution >= 0.6 is 23.6 Å². The van der Waals surface area contributed by atoms with Crippen molar-refractivity contribution in [2.75, 3.05) is 17.7 Å². The Morgan fingerprint density at radius 2 is 2.16 bits per heavy atom. The first-order chi connectivity index (χ1) is 14.9. The zero-order valence-electron chi connectivity index (χ0n) is 17.9. The number of carbonyl (C=O) groups is 1. The fourth-order valence-corrected chi connectivity index (χ4v) is 5.59. The average molecular weight is 455 g/mol. The maximum atomic E-state index is 12.5. The van der Waals surface area contributed by atoms with Crippen LogP contribution in [0.15, 0.2) is 36.7 Å². The molecule has 1 aliphatic carbocycles. The molecule has 0 radical (unpaired) electrons. The molecule has 0 aliphatic heterocycles. The highest BCUT2D eigenvalue weighted by molar-refractivity contribution is 7.80.